The van der Waals surface area contributed by atoms with Crippen molar-refractivity contribution in [2.24, 2.45) is 9.98 Å². The number of carbonyl (C=O) groups excluding carboxylic acids is 1. The van der Waals surface area contributed by atoms with Crippen LogP contribution >= 0.6 is 0 Å². The van der Waals surface area contributed by atoms with Crippen molar-refractivity contribution in [3.8, 4) is 5.75 Å². The van der Waals surface area contributed by atoms with Gasteiger partial charge in [-0.05, 0) is 38.7 Å². The van der Waals surface area contributed by atoms with E-state index in [-0.39, 0.29) is 31.3 Å². The van der Waals surface area contributed by atoms with E-state index in [1.54, 1.807) is 6.92 Å². The van der Waals surface area contributed by atoms with Crippen LogP contribution in [0.5, 0.6) is 5.75 Å². The quantitative estimate of drug-likeness (QED) is 0.357. The molecular formula is C21H32N4O6S. The van der Waals surface area contributed by atoms with E-state index in [9.17, 15) is 13.2 Å². The van der Waals surface area contributed by atoms with Gasteiger partial charge >= 0.3 is 5.97 Å². The molecule has 0 aromatic heterocycles. The van der Waals surface area contributed by atoms with Crippen LogP contribution in [-0.4, -0.2) is 90.2 Å². The minimum Gasteiger partial charge on any atom is -0.494 e. The Bertz CT molecular complexity index is 930. The number of hydrogen-bond donors (Lipinski definition) is 1. The maximum absolute atomic E-state index is 12.5. The van der Waals surface area contributed by atoms with Gasteiger partial charge in [-0.1, -0.05) is 12.1 Å². The van der Waals surface area contributed by atoms with Gasteiger partial charge in [-0.15, -0.1) is 0 Å². The van der Waals surface area contributed by atoms with E-state index < -0.39 is 21.2 Å². The van der Waals surface area contributed by atoms with Crippen LogP contribution in [0.3, 0.4) is 0 Å². The Morgan fingerprint density at radius 3 is 2.66 bits per heavy atom. The summed E-state index contributed by atoms with van der Waals surface area (Å²) in [5.41, 5.74) is 1.20. The van der Waals surface area contributed by atoms with Crippen LogP contribution in [0.25, 0.3) is 0 Å². The topological polar surface area (TPSA) is 119 Å². The van der Waals surface area contributed by atoms with E-state index in [1.807, 2.05) is 38.4 Å². The van der Waals surface area contributed by atoms with Crippen molar-refractivity contribution in [3.63, 3.8) is 0 Å². The average Bonchev–Trinajstić information content (AvgIpc) is 2.97. The third-order valence-electron chi connectivity index (χ3n) is 4.36. The number of ether oxygens (including phenoxy) is 3. The SMILES string of the molecule is CCOC(=O)C1C(=NCCOC)C(=NCCCOc2cccc(CN(C)C)c2)NS1(=O)=O. The van der Waals surface area contributed by atoms with Crippen LogP contribution in [0, 0.1) is 0 Å². The number of rotatable bonds is 12. The fourth-order valence-corrected chi connectivity index (χ4v) is 4.40. The first-order valence-corrected chi connectivity index (χ1v) is 12.0. The van der Waals surface area contributed by atoms with Gasteiger partial charge in [0.2, 0.25) is 5.25 Å². The third-order valence-corrected chi connectivity index (χ3v) is 5.87. The highest BCUT2D eigenvalue weighted by Crippen LogP contribution is 2.16. The summed E-state index contributed by atoms with van der Waals surface area (Å²) in [6.45, 7) is 3.69. The Morgan fingerprint density at radius 2 is 1.97 bits per heavy atom. The number of methoxy groups -OCH3 is 1. The lowest BCUT2D eigenvalue weighted by Crippen LogP contribution is -2.35. The molecule has 1 fully saturated rings. The van der Waals surface area contributed by atoms with Gasteiger partial charge in [0.15, 0.2) is 5.84 Å². The summed E-state index contributed by atoms with van der Waals surface area (Å²) in [5.74, 6) is -0.0443. The highest BCUT2D eigenvalue weighted by atomic mass is 32.2. The molecule has 0 aliphatic carbocycles. The van der Waals surface area contributed by atoms with Crippen molar-refractivity contribution < 1.29 is 27.4 Å². The Kier molecular flexibility index (Phi) is 10.1. The van der Waals surface area contributed by atoms with Gasteiger partial charge < -0.3 is 19.1 Å². The van der Waals surface area contributed by atoms with Crippen molar-refractivity contribution in [2.45, 2.75) is 25.1 Å². The molecular weight excluding hydrogens is 436 g/mol. The number of esters is 1. The lowest BCUT2D eigenvalue weighted by Gasteiger charge is -2.11. The first-order valence-electron chi connectivity index (χ1n) is 10.4. The maximum Gasteiger partial charge on any atom is 0.332 e. The molecule has 0 amide bonds. The highest BCUT2D eigenvalue weighted by molar-refractivity contribution is 7.93. The third kappa shape index (κ3) is 7.57. The molecule has 2 rings (SSSR count). The summed E-state index contributed by atoms with van der Waals surface area (Å²) in [6, 6.07) is 7.86. The van der Waals surface area contributed by atoms with Crippen LogP contribution < -0.4 is 9.46 Å². The normalized spacial score (nSPS) is 20.0. The van der Waals surface area contributed by atoms with E-state index in [0.29, 0.717) is 19.6 Å². The molecule has 0 spiro atoms. The largest absolute Gasteiger partial charge is 0.494 e. The molecule has 1 unspecified atom stereocenters. The fraction of sp³-hybridized carbons (Fsp3) is 0.571. The number of hydrogen-bond acceptors (Lipinski definition) is 9. The summed E-state index contributed by atoms with van der Waals surface area (Å²) in [7, 11) is 1.51. The summed E-state index contributed by atoms with van der Waals surface area (Å²) < 4.78 is 43.0. The Hall–Kier alpha value is -2.50. The van der Waals surface area contributed by atoms with Gasteiger partial charge in [0, 0.05) is 26.6 Å². The zero-order chi connectivity index (χ0) is 23.6. The van der Waals surface area contributed by atoms with Crippen LogP contribution in [0.4, 0.5) is 0 Å². The molecule has 1 N–H and O–H groups in total. The first-order chi connectivity index (χ1) is 15.3. The van der Waals surface area contributed by atoms with Crippen molar-refractivity contribution in [1.82, 2.24) is 9.62 Å². The van der Waals surface area contributed by atoms with Crippen molar-refractivity contribution >= 4 is 27.5 Å². The molecule has 1 aromatic rings. The predicted molar refractivity (Wildman–Crippen MR) is 123 cm³/mol. The van der Waals surface area contributed by atoms with Crippen LogP contribution in [0.15, 0.2) is 34.3 Å². The molecule has 1 saturated heterocycles. The van der Waals surface area contributed by atoms with E-state index in [2.05, 4.69) is 19.6 Å². The van der Waals surface area contributed by atoms with Gasteiger partial charge in [0.05, 0.1) is 26.4 Å². The second kappa shape index (κ2) is 12.5. The predicted octanol–water partition coefficient (Wildman–Crippen LogP) is 0.868. The second-order valence-corrected chi connectivity index (χ2v) is 9.12. The van der Waals surface area contributed by atoms with Crippen LogP contribution in [0.2, 0.25) is 0 Å². The molecule has 10 nitrogen and oxygen atoms in total. The summed E-state index contributed by atoms with van der Waals surface area (Å²) in [4.78, 5) is 22.9. The summed E-state index contributed by atoms with van der Waals surface area (Å²) in [6.07, 6.45) is 0.554. The highest BCUT2D eigenvalue weighted by Gasteiger charge is 2.47. The number of carbonyl (C=O) groups is 1. The number of aliphatic imine (C=N–C) groups is 2. The molecule has 1 atom stereocenters. The monoisotopic (exact) mass is 468 g/mol. The second-order valence-electron chi connectivity index (χ2n) is 7.36. The van der Waals surface area contributed by atoms with Gasteiger partial charge in [-0.2, -0.15) is 0 Å². The standard InChI is InChI=1S/C21H32N4O6S/c1-5-30-21(26)19-18(22-11-13-29-4)20(24-32(19,27)28)23-10-7-12-31-17-9-6-8-16(14-17)15-25(2)3/h6,8-9,14,19H,5,7,10-13,15H2,1-4H3,(H,23,24). The lowest BCUT2D eigenvalue weighted by atomic mass is 10.2. The summed E-state index contributed by atoms with van der Waals surface area (Å²) in [5, 5.41) is -1.53. The van der Waals surface area contributed by atoms with E-state index >= 15 is 0 Å². The molecule has 1 aliphatic rings. The fourth-order valence-electron chi connectivity index (χ4n) is 3.05. The number of sulfonamides is 1. The molecule has 32 heavy (non-hydrogen) atoms. The van der Waals surface area contributed by atoms with Gasteiger partial charge in [0.25, 0.3) is 10.0 Å². The Labute approximate surface area is 189 Å². The van der Waals surface area contributed by atoms with Crippen LogP contribution in [0.1, 0.15) is 18.9 Å². The van der Waals surface area contributed by atoms with E-state index in [1.165, 1.54) is 7.11 Å². The molecule has 1 aromatic carbocycles. The molecule has 1 heterocycles. The molecule has 0 saturated carbocycles. The zero-order valence-electron chi connectivity index (χ0n) is 19.0. The molecule has 11 heteroatoms. The minimum atomic E-state index is -4.01. The van der Waals surface area contributed by atoms with Gasteiger partial charge in [-0.25, -0.2) is 8.42 Å². The molecule has 0 radical (unpaired) electrons. The molecule has 0 bridgehead atoms. The van der Waals surface area contributed by atoms with Crippen LogP contribution in [-0.2, 0) is 30.8 Å². The maximum atomic E-state index is 12.5. The molecule has 178 valence electrons. The van der Waals surface area contributed by atoms with Crippen molar-refractivity contribution in [2.75, 3.05) is 54.1 Å². The van der Waals surface area contributed by atoms with Crippen molar-refractivity contribution in [1.29, 1.82) is 0 Å². The minimum absolute atomic E-state index is 0.0535. The van der Waals surface area contributed by atoms with E-state index in [4.69, 9.17) is 14.2 Å². The average molecular weight is 469 g/mol. The number of nitrogens with zero attached hydrogens (tertiary/aromatic N) is 3. The Balaban J connectivity index is 2.01. The molecule has 1 aliphatic heterocycles. The number of nitrogens with one attached hydrogen (secondary N) is 1. The smallest absolute Gasteiger partial charge is 0.332 e. The zero-order valence-corrected chi connectivity index (χ0v) is 19.9. The first kappa shape index (κ1) is 25.8. The number of amidine groups is 1. The lowest BCUT2D eigenvalue weighted by molar-refractivity contribution is -0.141. The van der Waals surface area contributed by atoms with Gasteiger partial charge in [0.1, 0.15) is 11.5 Å². The van der Waals surface area contributed by atoms with E-state index in [0.717, 1.165) is 17.9 Å². The Morgan fingerprint density at radius 1 is 1.19 bits per heavy atom. The summed E-state index contributed by atoms with van der Waals surface area (Å²) >= 11 is 0. The van der Waals surface area contributed by atoms with Gasteiger partial charge in [-0.3, -0.25) is 19.5 Å². The number of benzene rings is 1. The van der Waals surface area contributed by atoms with Crippen molar-refractivity contribution in [3.05, 3.63) is 29.8 Å².